The number of aromatic nitrogens is 1. The molecule has 0 unspecified atom stereocenters. The van der Waals surface area contributed by atoms with E-state index in [9.17, 15) is 9.18 Å². The fraction of sp³-hybridized carbons (Fsp3) is 0.231. The van der Waals surface area contributed by atoms with Gasteiger partial charge in [0.1, 0.15) is 5.82 Å². The SMILES string of the molecule is Cc1nc(N)sc1SCCC(=O)Nc1ccccc1F. The summed E-state index contributed by atoms with van der Waals surface area (Å²) in [5.74, 6) is -0.0414. The van der Waals surface area contributed by atoms with E-state index in [1.807, 2.05) is 6.92 Å². The van der Waals surface area contributed by atoms with E-state index in [2.05, 4.69) is 10.3 Å². The second kappa shape index (κ2) is 6.71. The molecule has 7 heteroatoms. The number of benzene rings is 1. The predicted molar refractivity (Wildman–Crippen MR) is 81.6 cm³/mol. The smallest absolute Gasteiger partial charge is 0.225 e. The van der Waals surface area contributed by atoms with Crippen LogP contribution >= 0.6 is 23.1 Å². The number of halogens is 1. The van der Waals surface area contributed by atoms with E-state index in [1.54, 1.807) is 12.1 Å². The summed E-state index contributed by atoms with van der Waals surface area (Å²) in [4.78, 5) is 15.8. The van der Waals surface area contributed by atoms with E-state index >= 15 is 0 Å². The summed E-state index contributed by atoms with van der Waals surface area (Å²) in [6.45, 7) is 1.88. The Kier molecular flexibility index (Phi) is 4.97. The lowest BCUT2D eigenvalue weighted by Crippen LogP contribution is -2.13. The zero-order chi connectivity index (χ0) is 14.5. The van der Waals surface area contributed by atoms with Crippen LogP contribution in [-0.2, 0) is 4.79 Å². The van der Waals surface area contributed by atoms with Crippen molar-refractivity contribution in [1.82, 2.24) is 4.98 Å². The molecule has 1 amide bonds. The Morgan fingerprint density at radius 1 is 1.50 bits per heavy atom. The van der Waals surface area contributed by atoms with E-state index in [1.165, 1.54) is 35.2 Å². The van der Waals surface area contributed by atoms with E-state index in [0.717, 1.165) is 9.90 Å². The quantitative estimate of drug-likeness (QED) is 0.831. The van der Waals surface area contributed by atoms with Crippen molar-refractivity contribution in [3.8, 4) is 0 Å². The van der Waals surface area contributed by atoms with Crippen LogP contribution in [0.25, 0.3) is 0 Å². The van der Waals surface area contributed by atoms with Crippen LogP contribution in [0.3, 0.4) is 0 Å². The first-order chi connectivity index (χ1) is 9.56. The number of thiazole rings is 1. The maximum atomic E-state index is 13.4. The highest BCUT2D eigenvalue weighted by molar-refractivity contribution is 8.01. The Morgan fingerprint density at radius 3 is 2.90 bits per heavy atom. The lowest BCUT2D eigenvalue weighted by Gasteiger charge is -2.05. The van der Waals surface area contributed by atoms with Gasteiger partial charge in [-0.05, 0) is 19.1 Å². The summed E-state index contributed by atoms with van der Waals surface area (Å²) in [6, 6.07) is 6.11. The summed E-state index contributed by atoms with van der Waals surface area (Å²) in [6.07, 6.45) is 0.302. The van der Waals surface area contributed by atoms with Gasteiger partial charge in [0.05, 0.1) is 15.6 Å². The highest BCUT2D eigenvalue weighted by atomic mass is 32.2. The molecule has 0 saturated carbocycles. The number of carbonyl (C=O) groups excluding carboxylic acids is 1. The average Bonchev–Trinajstić information content (AvgIpc) is 2.71. The number of para-hydroxylation sites is 1. The van der Waals surface area contributed by atoms with Crippen LogP contribution in [0.15, 0.2) is 28.5 Å². The number of anilines is 2. The lowest BCUT2D eigenvalue weighted by atomic mass is 10.3. The van der Waals surface area contributed by atoms with Crippen LogP contribution in [0.1, 0.15) is 12.1 Å². The fourth-order valence-electron chi connectivity index (χ4n) is 1.55. The van der Waals surface area contributed by atoms with Crippen molar-refractivity contribution in [2.24, 2.45) is 0 Å². The van der Waals surface area contributed by atoms with Crippen LogP contribution in [0.2, 0.25) is 0 Å². The largest absolute Gasteiger partial charge is 0.375 e. The molecule has 1 aromatic carbocycles. The number of thioether (sulfide) groups is 1. The number of nitrogen functional groups attached to an aromatic ring is 1. The van der Waals surface area contributed by atoms with E-state index in [-0.39, 0.29) is 11.6 Å². The van der Waals surface area contributed by atoms with E-state index in [0.29, 0.717) is 17.3 Å². The molecule has 0 fully saturated rings. The Morgan fingerprint density at radius 2 is 2.25 bits per heavy atom. The van der Waals surface area contributed by atoms with Gasteiger partial charge < -0.3 is 11.1 Å². The summed E-state index contributed by atoms with van der Waals surface area (Å²) in [5.41, 5.74) is 6.69. The molecule has 2 aromatic rings. The van der Waals surface area contributed by atoms with Crippen molar-refractivity contribution >= 4 is 39.8 Å². The van der Waals surface area contributed by atoms with Gasteiger partial charge in [0.25, 0.3) is 0 Å². The second-order valence-corrected chi connectivity index (χ2v) is 6.45. The van der Waals surface area contributed by atoms with Gasteiger partial charge in [-0.25, -0.2) is 9.37 Å². The molecule has 0 bridgehead atoms. The Labute approximate surface area is 124 Å². The molecule has 1 heterocycles. The molecule has 0 aliphatic carbocycles. The average molecular weight is 311 g/mol. The normalized spacial score (nSPS) is 10.5. The van der Waals surface area contributed by atoms with Gasteiger partial charge in [-0.15, -0.1) is 11.8 Å². The van der Waals surface area contributed by atoms with Crippen LogP contribution < -0.4 is 11.1 Å². The zero-order valence-electron chi connectivity index (χ0n) is 10.9. The van der Waals surface area contributed by atoms with Crippen molar-refractivity contribution in [1.29, 1.82) is 0 Å². The van der Waals surface area contributed by atoms with Gasteiger partial charge in [-0.2, -0.15) is 0 Å². The molecular weight excluding hydrogens is 297 g/mol. The molecule has 2 rings (SSSR count). The second-order valence-electron chi connectivity index (χ2n) is 4.05. The number of nitrogens with two attached hydrogens (primary N) is 1. The minimum atomic E-state index is -0.431. The van der Waals surface area contributed by atoms with E-state index in [4.69, 9.17) is 5.73 Å². The minimum absolute atomic E-state index is 0.209. The third kappa shape index (κ3) is 3.94. The number of carbonyl (C=O) groups is 1. The molecule has 4 nitrogen and oxygen atoms in total. The molecule has 3 N–H and O–H groups in total. The summed E-state index contributed by atoms with van der Waals surface area (Å²) < 4.78 is 14.4. The number of aryl methyl sites for hydroxylation is 1. The lowest BCUT2D eigenvalue weighted by molar-refractivity contribution is -0.115. The van der Waals surface area contributed by atoms with Gasteiger partial charge in [0.2, 0.25) is 5.91 Å². The minimum Gasteiger partial charge on any atom is -0.375 e. The highest BCUT2D eigenvalue weighted by Gasteiger charge is 2.09. The van der Waals surface area contributed by atoms with Crippen molar-refractivity contribution < 1.29 is 9.18 Å². The number of nitrogens with one attached hydrogen (secondary N) is 1. The first-order valence-corrected chi connectivity index (χ1v) is 7.76. The number of amides is 1. The summed E-state index contributed by atoms with van der Waals surface area (Å²) >= 11 is 2.94. The van der Waals surface area contributed by atoms with Crippen molar-refractivity contribution in [2.45, 2.75) is 17.6 Å². The molecule has 0 atom stereocenters. The molecule has 0 saturated heterocycles. The third-order valence-electron chi connectivity index (χ3n) is 2.48. The molecule has 0 aliphatic rings. The molecule has 0 spiro atoms. The highest BCUT2D eigenvalue weighted by Crippen LogP contribution is 2.30. The summed E-state index contributed by atoms with van der Waals surface area (Å²) in [7, 11) is 0. The zero-order valence-corrected chi connectivity index (χ0v) is 12.5. The van der Waals surface area contributed by atoms with E-state index < -0.39 is 5.82 Å². The topological polar surface area (TPSA) is 68.0 Å². The van der Waals surface area contributed by atoms with Gasteiger partial charge in [0.15, 0.2) is 5.13 Å². The summed E-state index contributed by atoms with van der Waals surface area (Å²) in [5, 5.41) is 3.08. The van der Waals surface area contributed by atoms with Crippen LogP contribution in [0.5, 0.6) is 0 Å². The first kappa shape index (κ1) is 14.8. The number of nitrogens with zero attached hydrogens (tertiary/aromatic N) is 1. The van der Waals surface area contributed by atoms with Gasteiger partial charge >= 0.3 is 0 Å². The number of hydrogen-bond donors (Lipinski definition) is 2. The van der Waals surface area contributed by atoms with Crippen molar-refractivity contribution in [3.63, 3.8) is 0 Å². The van der Waals surface area contributed by atoms with Crippen molar-refractivity contribution in [2.75, 3.05) is 16.8 Å². The standard InChI is InChI=1S/C13H14FN3OS2/c1-8-12(20-13(15)16-8)19-7-6-11(18)17-10-5-3-2-4-9(10)14/h2-5H,6-7H2,1H3,(H2,15,16)(H,17,18). The molecular formula is C13H14FN3OS2. The molecule has 20 heavy (non-hydrogen) atoms. The van der Waals surface area contributed by atoms with Gasteiger partial charge in [-0.3, -0.25) is 4.79 Å². The van der Waals surface area contributed by atoms with Crippen LogP contribution in [0.4, 0.5) is 15.2 Å². The van der Waals surface area contributed by atoms with Crippen molar-refractivity contribution in [3.05, 3.63) is 35.8 Å². The maximum absolute atomic E-state index is 13.4. The molecule has 0 radical (unpaired) electrons. The van der Waals surface area contributed by atoms with Crippen LogP contribution in [0, 0.1) is 12.7 Å². The van der Waals surface area contributed by atoms with Gasteiger partial charge in [-0.1, -0.05) is 23.5 Å². The molecule has 106 valence electrons. The van der Waals surface area contributed by atoms with Gasteiger partial charge in [0, 0.05) is 12.2 Å². The Balaban J connectivity index is 1.81. The number of rotatable bonds is 5. The molecule has 0 aliphatic heterocycles. The first-order valence-electron chi connectivity index (χ1n) is 5.96. The fourth-order valence-corrected chi connectivity index (χ4v) is 3.58. The Hall–Kier alpha value is -1.60. The maximum Gasteiger partial charge on any atom is 0.225 e. The third-order valence-corrected chi connectivity index (χ3v) is 4.83. The number of hydrogen-bond acceptors (Lipinski definition) is 5. The monoisotopic (exact) mass is 311 g/mol. The predicted octanol–water partition coefficient (Wildman–Crippen LogP) is 3.29. The Bertz CT molecular complexity index is 615. The van der Waals surface area contributed by atoms with Crippen LogP contribution in [-0.4, -0.2) is 16.6 Å². The molecule has 1 aromatic heterocycles.